The summed E-state index contributed by atoms with van der Waals surface area (Å²) in [6.45, 7) is 2.55. The Balaban J connectivity index is 1.32. The number of carbonyl (C=O) groups is 1. The molecule has 0 unspecified atom stereocenters. The molecule has 10 heteroatoms. The Morgan fingerprint density at radius 3 is 2.69 bits per heavy atom. The maximum Gasteiger partial charge on any atom is 0.257 e. The minimum absolute atomic E-state index is 0.247. The number of rotatable bonds is 7. The van der Waals surface area contributed by atoms with Gasteiger partial charge >= 0.3 is 0 Å². The SMILES string of the molecule is Cc1onc(-c2ccccc2)c1C(=O)NCCNc1cc(-c2ccccc2Cl)nc2c(Br)cnn12. The van der Waals surface area contributed by atoms with Crippen molar-refractivity contribution < 1.29 is 9.32 Å². The summed E-state index contributed by atoms with van der Waals surface area (Å²) in [6, 6.07) is 18.9. The van der Waals surface area contributed by atoms with Gasteiger partial charge in [-0.1, -0.05) is 65.3 Å². The van der Waals surface area contributed by atoms with Gasteiger partial charge in [-0.05, 0) is 28.9 Å². The second-order valence-electron chi connectivity index (χ2n) is 7.75. The predicted molar refractivity (Wildman–Crippen MR) is 139 cm³/mol. The number of amides is 1. The molecule has 5 aromatic rings. The molecule has 2 aromatic carbocycles. The van der Waals surface area contributed by atoms with E-state index in [-0.39, 0.29) is 5.91 Å². The molecule has 3 heterocycles. The molecule has 1 amide bonds. The molecule has 0 saturated heterocycles. The van der Waals surface area contributed by atoms with Gasteiger partial charge in [-0.15, -0.1) is 0 Å². The number of fused-ring (bicyclic) bond motifs is 1. The summed E-state index contributed by atoms with van der Waals surface area (Å²) in [7, 11) is 0. The Morgan fingerprint density at radius 2 is 1.89 bits per heavy atom. The van der Waals surface area contributed by atoms with Gasteiger partial charge in [0.25, 0.3) is 5.91 Å². The van der Waals surface area contributed by atoms with E-state index in [1.165, 1.54) is 0 Å². The van der Waals surface area contributed by atoms with Crippen LogP contribution in [-0.2, 0) is 0 Å². The van der Waals surface area contributed by atoms with Crippen molar-refractivity contribution in [3.8, 4) is 22.5 Å². The van der Waals surface area contributed by atoms with E-state index in [1.807, 2.05) is 60.7 Å². The van der Waals surface area contributed by atoms with Crippen molar-refractivity contribution in [3.63, 3.8) is 0 Å². The molecular formula is C25H20BrClN6O2. The number of aryl methyl sites for hydroxylation is 1. The van der Waals surface area contributed by atoms with E-state index in [0.717, 1.165) is 21.4 Å². The topological polar surface area (TPSA) is 97.3 Å². The Morgan fingerprint density at radius 1 is 1.11 bits per heavy atom. The molecule has 35 heavy (non-hydrogen) atoms. The highest BCUT2D eigenvalue weighted by Crippen LogP contribution is 2.30. The lowest BCUT2D eigenvalue weighted by Crippen LogP contribution is -2.29. The van der Waals surface area contributed by atoms with Gasteiger partial charge in [0.2, 0.25) is 0 Å². The molecule has 0 saturated carbocycles. The number of nitrogens with one attached hydrogen (secondary N) is 2. The van der Waals surface area contributed by atoms with Crippen molar-refractivity contribution in [2.45, 2.75) is 6.92 Å². The molecule has 0 fully saturated rings. The largest absolute Gasteiger partial charge is 0.368 e. The highest BCUT2D eigenvalue weighted by molar-refractivity contribution is 9.10. The van der Waals surface area contributed by atoms with Gasteiger partial charge in [0.1, 0.15) is 22.8 Å². The summed E-state index contributed by atoms with van der Waals surface area (Å²) in [5, 5.41) is 15.4. The van der Waals surface area contributed by atoms with Crippen LogP contribution in [0, 0.1) is 6.92 Å². The van der Waals surface area contributed by atoms with E-state index >= 15 is 0 Å². The fourth-order valence-electron chi connectivity index (χ4n) is 3.76. The molecule has 3 aromatic heterocycles. The van der Waals surface area contributed by atoms with Crippen LogP contribution in [0.2, 0.25) is 5.02 Å². The summed E-state index contributed by atoms with van der Waals surface area (Å²) >= 11 is 9.91. The molecule has 0 bridgehead atoms. The first-order chi connectivity index (χ1) is 17.0. The van der Waals surface area contributed by atoms with Gasteiger partial charge in [-0.2, -0.15) is 9.61 Å². The molecule has 0 aliphatic rings. The first kappa shape index (κ1) is 23.1. The lowest BCUT2D eigenvalue weighted by Gasteiger charge is -2.12. The second kappa shape index (κ2) is 9.89. The summed E-state index contributed by atoms with van der Waals surface area (Å²) in [5.74, 6) is 0.940. The summed E-state index contributed by atoms with van der Waals surface area (Å²) in [6.07, 6.45) is 1.69. The Bertz CT molecular complexity index is 1520. The third-order valence-electron chi connectivity index (χ3n) is 5.43. The van der Waals surface area contributed by atoms with E-state index in [4.69, 9.17) is 21.1 Å². The number of benzene rings is 2. The van der Waals surface area contributed by atoms with Gasteiger partial charge in [0.15, 0.2) is 5.65 Å². The highest BCUT2D eigenvalue weighted by Gasteiger charge is 2.21. The smallest absolute Gasteiger partial charge is 0.257 e. The van der Waals surface area contributed by atoms with Crippen LogP contribution >= 0.6 is 27.5 Å². The van der Waals surface area contributed by atoms with Gasteiger partial charge in [0.05, 0.1) is 16.4 Å². The number of hydrogen-bond donors (Lipinski definition) is 2. The minimum atomic E-state index is -0.247. The molecule has 176 valence electrons. The van der Waals surface area contributed by atoms with Crippen molar-refractivity contribution in [3.05, 3.63) is 87.7 Å². The molecule has 0 radical (unpaired) electrons. The Kier molecular flexibility index (Phi) is 6.52. The molecule has 8 nitrogen and oxygen atoms in total. The standard InChI is InChI=1S/C25H20BrClN6O2/c1-15-22(23(32-35-15)16-7-3-2-4-8-16)25(34)29-12-11-28-21-13-20(17-9-5-6-10-19(17)27)31-24-18(26)14-30-33(21)24/h2-10,13-14,28H,11-12H2,1H3,(H,29,34). The van der Waals surface area contributed by atoms with Gasteiger partial charge < -0.3 is 15.2 Å². The van der Waals surface area contributed by atoms with Gasteiger partial charge in [-0.25, -0.2) is 4.98 Å². The molecule has 5 rings (SSSR count). The first-order valence-electron chi connectivity index (χ1n) is 10.9. The Labute approximate surface area is 214 Å². The van der Waals surface area contributed by atoms with Crippen LogP contribution < -0.4 is 10.6 Å². The quantitative estimate of drug-likeness (QED) is 0.255. The van der Waals surface area contributed by atoms with Crippen LogP contribution in [0.3, 0.4) is 0 Å². The lowest BCUT2D eigenvalue weighted by atomic mass is 10.1. The molecule has 0 aliphatic carbocycles. The van der Waals surface area contributed by atoms with E-state index in [9.17, 15) is 4.79 Å². The first-order valence-corrected chi connectivity index (χ1v) is 12.0. The monoisotopic (exact) mass is 550 g/mol. The highest BCUT2D eigenvalue weighted by atomic mass is 79.9. The van der Waals surface area contributed by atoms with Crippen LogP contribution in [0.1, 0.15) is 16.1 Å². The number of aromatic nitrogens is 4. The minimum Gasteiger partial charge on any atom is -0.368 e. The Hall–Kier alpha value is -3.69. The number of nitrogens with zero attached hydrogens (tertiary/aromatic N) is 4. The zero-order valence-electron chi connectivity index (χ0n) is 18.6. The second-order valence-corrected chi connectivity index (χ2v) is 9.01. The number of carbonyl (C=O) groups excluding carboxylic acids is 1. The zero-order chi connectivity index (χ0) is 24.4. The fourth-order valence-corrected chi connectivity index (χ4v) is 4.34. The van der Waals surface area contributed by atoms with Crippen molar-refractivity contribution >= 4 is 44.9 Å². The van der Waals surface area contributed by atoms with Gasteiger partial charge in [0, 0.05) is 35.3 Å². The van der Waals surface area contributed by atoms with E-state index in [1.54, 1.807) is 17.6 Å². The van der Waals surface area contributed by atoms with E-state index in [2.05, 4.69) is 36.8 Å². The normalized spacial score (nSPS) is 11.1. The maximum absolute atomic E-state index is 12.9. The average Bonchev–Trinajstić information content (AvgIpc) is 3.45. The summed E-state index contributed by atoms with van der Waals surface area (Å²) in [5.41, 5.74) is 3.96. The molecule has 0 atom stereocenters. The van der Waals surface area contributed by atoms with Crippen LogP contribution in [0.25, 0.3) is 28.2 Å². The van der Waals surface area contributed by atoms with Crippen LogP contribution in [0.15, 0.2) is 75.9 Å². The number of hydrogen-bond acceptors (Lipinski definition) is 6. The summed E-state index contributed by atoms with van der Waals surface area (Å²) < 4.78 is 7.76. The number of anilines is 1. The van der Waals surface area contributed by atoms with Crippen LogP contribution in [0.4, 0.5) is 5.82 Å². The zero-order valence-corrected chi connectivity index (χ0v) is 21.0. The fraction of sp³-hybridized carbons (Fsp3) is 0.120. The van der Waals surface area contributed by atoms with E-state index in [0.29, 0.717) is 46.5 Å². The van der Waals surface area contributed by atoms with Crippen LogP contribution in [0.5, 0.6) is 0 Å². The van der Waals surface area contributed by atoms with Crippen LogP contribution in [-0.4, -0.2) is 38.8 Å². The average molecular weight is 552 g/mol. The number of halogens is 2. The van der Waals surface area contributed by atoms with Crippen molar-refractivity contribution in [1.82, 2.24) is 25.1 Å². The molecule has 0 aliphatic heterocycles. The molecule has 0 spiro atoms. The predicted octanol–water partition coefficient (Wildman–Crippen LogP) is 5.62. The van der Waals surface area contributed by atoms with E-state index < -0.39 is 0 Å². The molecular weight excluding hydrogens is 532 g/mol. The van der Waals surface area contributed by atoms with Crippen molar-refractivity contribution in [2.75, 3.05) is 18.4 Å². The van der Waals surface area contributed by atoms with Crippen molar-refractivity contribution in [1.29, 1.82) is 0 Å². The molecule has 2 N–H and O–H groups in total. The van der Waals surface area contributed by atoms with Gasteiger partial charge in [-0.3, -0.25) is 4.79 Å². The third-order valence-corrected chi connectivity index (χ3v) is 6.32. The maximum atomic E-state index is 12.9. The van der Waals surface area contributed by atoms with Crippen molar-refractivity contribution in [2.24, 2.45) is 0 Å². The summed E-state index contributed by atoms with van der Waals surface area (Å²) in [4.78, 5) is 17.6. The third kappa shape index (κ3) is 4.65. The lowest BCUT2D eigenvalue weighted by molar-refractivity contribution is 0.0954.